The number of benzene rings is 1. The predicted molar refractivity (Wildman–Crippen MR) is 58.9 cm³/mol. The van der Waals surface area contributed by atoms with Crippen molar-refractivity contribution in [1.82, 2.24) is 0 Å². The smallest absolute Gasteiger partial charge is 0.388 e. The molecule has 0 aliphatic rings. The van der Waals surface area contributed by atoms with Gasteiger partial charge in [-0.15, -0.1) is 12.4 Å². The fourth-order valence-corrected chi connectivity index (χ4v) is 1.22. The molecule has 1 rings (SSSR count). The predicted octanol–water partition coefficient (Wildman–Crippen LogP) is 3.13. The maximum Gasteiger partial charge on any atom is 0.419 e. The Hall–Kier alpha value is -1.30. The van der Waals surface area contributed by atoms with Crippen LogP contribution in [0, 0.1) is 11.2 Å². The molecule has 1 aromatic carbocycles. The van der Waals surface area contributed by atoms with Crippen LogP contribution in [0.4, 0.5) is 17.6 Å². The number of rotatable bonds is 3. The number of nitrogens with two attached hydrogens (primary N) is 1. The molecule has 17 heavy (non-hydrogen) atoms. The summed E-state index contributed by atoms with van der Waals surface area (Å²) in [5, 5.41) is 6.94. The van der Waals surface area contributed by atoms with Gasteiger partial charge in [0.1, 0.15) is 5.82 Å². The summed E-state index contributed by atoms with van der Waals surface area (Å²) < 4.78 is 49.8. The Bertz CT molecular complexity index is 404. The van der Waals surface area contributed by atoms with E-state index in [1.807, 2.05) is 0 Å². The molecule has 96 valence electrons. The van der Waals surface area contributed by atoms with Crippen LogP contribution in [0.1, 0.15) is 17.5 Å². The molecule has 0 bridgehead atoms. The molecule has 0 atom stereocenters. The molecule has 0 spiro atoms. The lowest BCUT2D eigenvalue weighted by molar-refractivity contribution is -0.140. The summed E-state index contributed by atoms with van der Waals surface area (Å²) in [7, 11) is 0. The molecule has 0 aromatic heterocycles. The van der Waals surface area contributed by atoms with Gasteiger partial charge in [-0.2, -0.15) is 13.2 Å². The lowest BCUT2D eigenvalue weighted by Gasteiger charge is -2.09. The average Bonchev–Trinajstić information content (AvgIpc) is 2.14. The zero-order valence-corrected chi connectivity index (χ0v) is 9.46. The first-order valence-electron chi connectivity index (χ1n) is 4.49. The van der Waals surface area contributed by atoms with E-state index < -0.39 is 17.6 Å². The molecule has 0 aliphatic carbocycles. The number of alkyl halides is 3. The minimum Gasteiger partial charge on any atom is -0.388 e. The molecule has 0 amide bonds. The summed E-state index contributed by atoms with van der Waals surface area (Å²) in [6.45, 7) is 0. The van der Waals surface area contributed by atoms with Crippen LogP contribution >= 0.6 is 12.4 Å². The van der Waals surface area contributed by atoms with Crippen LogP contribution in [-0.2, 0) is 12.6 Å². The van der Waals surface area contributed by atoms with Gasteiger partial charge in [0, 0.05) is 6.42 Å². The molecular weight excluding hydrogens is 260 g/mol. The van der Waals surface area contributed by atoms with Crippen molar-refractivity contribution in [2.45, 2.75) is 19.0 Å². The summed E-state index contributed by atoms with van der Waals surface area (Å²) in [5.41, 5.74) is 4.11. The van der Waals surface area contributed by atoms with Gasteiger partial charge >= 0.3 is 6.18 Å². The highest BCUT2D eigenvalue weighted by molar-refractivity contribution is 5.85. The van der Waals surface area contributed by atoms with E-state index in [9.17, 15) is 17.6 Å². The zero-order chi connectivity index (χ0) is 12.3. The molecule has 0 saturated heterocycles. The molecule has 0 saturated carbocycles. The van der Waals surface area contributed by atoms with Crippen molar-refractivity contribution in [3.8, 4) is 0 Å². The maximum atomic E-state index is 12.9. The standard InChI is InChI=1S/C10H10F4N2.ClH/c11-8-3-1-6(2-4-9(15)16)5-7(8)10(12,13)14;/h1,3,5H,2,4H2,(H3,15,16);1H. The first kappa shape index (κ1) is 15.7. The largest absolute Gasteiger partial charge is 0.419 e. The molecule has 2 nitrogen and oxygen atoms in total. The van der Waals surface area contributed by atoms with E-state index in [1.54, 1.807) is 0 Å². The van der Waals surface area contributed by atoms with E-state index in [0.717, 1.165) is 12.1 Å². The van der Waals surface area contributed by atoms with Crippen molar-refractivity contribution < 1.29 is 17.6 Å². The van der Waals surface area contributed by atoms with E-state index in [4.69, 9.17) is 11.1 Å². The Morgan fingerprint density at radius 3 is 2.35 bits per heavy atom. The Labute approximate surface area is 102 Å². The van der Waals surface area contributed by atoms with Gasteiger partial charge < -0.3 is 5.73 Å². The van der Waals surface area contributed by atoms with Gasteiger partial charge in [0.15, 0.2) is 0 Å². The third-order valence-corrected chi connectivity index (χ3v) is 2.02. The van der Waals surface area contributed by atoms with Crippen molar-refractivity contribution in [2.24, 2.45) is 5.73 Å². The summed E-state index contributed by atoms with van der Waals surface area (Å²) in [4.78, 5) is 0. The summed E-state index contributed by atoms with van der Waals surface area (Å²) in [6, 6.07) is 2.78. The van der Waals surface area contributed by atoms with Crippen LogP contribution in [0.5, 0.6) is 0 Å². The monoisotopic (exact) mass is 270 g/mol. The highest BCUT2D eigenvalue weighted by atomic mass is 35.5. The molecule has 0 unspecified atom stereocenters. The Balaban J connectivity index is 0.00000256. The minimum absolute atomic E-state index is 0. The van der Waals surface area contributed by atoms with E-state index in [1.165, 1.54) is 6.07 Å². The van der Waals surface area contributed by atoms with Crippen LogP contribution < -0.4 is 5.73 Å². The van der Waals surface area contributed by atoms with Crippen LogP contribution in [0.15, 0.2) is 18.2 Å². The normalized spacial score (nSPS) is 10.8. The van der Waals surface area contributed by atoms with Crippen LogP contribution in [-0.4, -0.2) is 5.84 Å². The summed E-state index contributed by atoms with van der Waals surface area (Å²) in [6.07, 6.45) is -4.35. The molecule has 1 aromatic rings. The number of halogens is 5. The molecule has 0 fully saturated rings. The highest BCUT2D eigenvalue weighted by Gasteiger charge is 2.34. The molecule has 0 heterocycles. The first-order chi connectivity index (χ1) is 7.30. The molecule has 0 radical (unpaired) electrons. The van der Waals surface area contributed by atoms with Crippen molar-refractivity contribution in [1.29, 1.82) is 5.41 Å². The molecule has 3 N–H and O–H groups in total. The molecule has 7 heteroatoms. The second-order valence-electron chi connectivity index (χ2n) is 3.34. The van der Waals surface area contributed by atoms with Crippen LogP contribution in [0.3, 0.4) is 0 Å². The van der Waals surface area contributed by atoms with Gasteiger partial charge in [-0.1, -0.05) is 6.07 Å². The number of aryl methyl sites for hydroxylation is 1. The van der Waals surface area contributed by atoms with Crippen molar-refractivity contribution >= 4 is 18.2 Å². The van der Waals surface area contributed by atoms with E-state index in [0.29, 0.717) is 5.56 Å². The topological polar surface area (TPSA) is 49.9 Å². The van der Waals surface area contributed by atoms with Crippen molar-refractivity contribution in [3.05, 3.63) is 35.1 Å². The second kappa shape index (κ2) is 5.86. The Morgan fingerprint density at radius 1 is 1.29 bits per heavy atom. The third-order valence-electron chi connectivity index (χ3n) is 2.02. The van der Waals surface area contributed by atoms with Crippen LogP contribution in [0.25, 0.3) is 0 Å². The highest BCUT2D eigenvalue weighted by Crippen LogP contribution is 2.32. The van der Waals surface area contributed by atoms with Gasteiger partial charge in [-0.3, -0.25) is 5.41 Å². The maximum absolute atomic E-state index is 12.9. The van der Waals surface area contributed by atoms with Crippen molar-refractivity contribution in [2.75, 3.05) is 0 Å². The second-order valence-corrected chi connectivity index (χ2v) is 3.34. The van der Waals surface area contributed by atoms with Gasteiger partial charge in [0.2, 0.25) is 0 Å². The zero-order valence-electron chi connectivity index (χ0n) is 8.64. The fourth-order valence-electron chi connectivity index (χ4n) is 1.22. The fraction of sp³-hybridized carbons (Fsp3) is 0.300. The Kier molecular flexibility index (Phi) is 5.41. The SMILES string of the molecule is Cl.N=C(N)CCc1ccc(F)c(C(F)(F)F)c1. The minimum atomic E-state index is -4.70. The molecular formula is C10H11ClF4N2. The third kappa shape index (κ3) is 4.60. The number of nitrogens with one attached hydrogen (secondary N) is 1. The van der Waals surface area contributed by atoms with Gasteiger partial charge in [-0.05, 0) is 24.1 Å². The number of hydrogen-bond acceptors (Lipinski definition) is 1. The number of amidine groups is 1. The summed E-state index contributed by atoms with van der Waals surface area (Å²) in [5.74, 6) is -1.41. The first-order valence-corrected chi connectivity index (χ1v) is 4.49. The van der Waals surface area contributed by atoms with Gasteiger partial charge in [0.25, 0.3) is 0 Å². The lowest BCUT2D eigenvalue weighted by Crippen LogP contribution is -2.12. The molecule has 0 aliphatic heterocycles. The Morgan fingerprint density at radius 2 is 1.88 bits per heavy atom. The van der Waals surface area contributed by atoms with Gasteiger partial charge in [-0.25, -0.2) is 4.39 Å². The van der Waals surface area contributed by atoms with E-state index in [2.05, 4.69) is 0 Å². The number of hydrogen-bond donors (Lipinski definition) is 2. The van der Waals surface area contributed by atoms with Crippen molar-refractivity contribution in [3.63, 3.8) is 0 Å². The lowest BCUT2D eigenvalue weighted by atomic mass is 10.1. The average molecular weight is 271 g/mol. The van der Waals surface area contributed by atoms with E-state index in [-0.39, 0.29) is 31.1 Å². The summed E-state index contributed by atoms with van der Waals surface area (Å²) >= 11 is 0. The van der Waals surface area contributed by atoms with E-state index >= 15 is 0 Å². The van der Waals surface area contributed by atoms with Gasteiger partial charge in [0.05, 0.1) is 11.4 Å². The quantitative estimate of drug-likeness (QED) is 0.495. The van der Waals surface area contributed by atoms with Crippen LogP contribution in [0.2, 0.25) is 0 Å².